The molecule has 1 saturated carbocycles. The van der Waals surface area contributed by atoms with E-state index in [1.165, 1.54) is 19.3 Å². The molecular weight excluding hydrogens is 358 g/mol. The first-order valence-electron chi connectivity index (χ1n) is 6.20. The maximum Gasteiger partial charge on any atom is 0.143 e. The number of halogens is 2. The third kappa shape index (κ3) is 3.56. The molecule has 1 aromatic carbocycles. The predicted molar refractivity (Wildman–Crippen MR) is 82.6 cm³/mol. The Morgan fingerprint density at radius 2 is 1.94 bits per heavy atom. The van der Waals surface area contributed by atoms with Gasteiger partial charge in [0, 0.05) is 14.5 Å². The van der Waals surface area contributed by atoms with Crippen LogP contribution in [0.5, 0.6) is 0 Å². The Morgan fingerprint density at radius 3 is 2.61 bits per heavy atom. The summed E-state index contributed by atoms with van der Waals surface area (Å²) in [6, 6.07) is 6.40. The number of aliphatic imine (C=N–C) groups is 1. The molecule has 5 heteroatoms. The number of hydrogen-bond donors (Lipinski definition) is 2. The van der Waals surface area contributed by atoms with Crippen molar-refractivity contribution < 1.29 is 0 Å². The van der Waals surface area contributed by atoms with Crippen LogP contribution in [0, 0.1) is 0 Å². The number of hydrazine groups is 1. The Morgan fingerprint density at radius 1 is 1.22 bits per heavy atom. The van der Waals surface area contributed by atoms with E-state index in [0.717, 1.165) is 33.2 Å². The lowest BCUT2D eigenvalue weighted by atomic mass is 9.96. The van der Waals surface area contributed by atoms with Gasteiger partial charge in [-0.25, -0.2) is 5.84 Å². The topological polar surface area (TPSA) is 50.4 Å². The van der Waals surface area contributed by atoms with Crippen LogP contribution in [0.4, 0.5) is 0 Å². The van der Waals surface area contributed by atoms with Crippen molar-refractivity contribution in [1.82, 2.24) is 5.43 Å². The minimum absolute atomic E-state index is 0.399. The minimum Gasteiger partial charge on any atom is -0.308 e. The zero-order valence-corrected chi connectivity index (χ0v) is 13.3. The fourth-order valence-corrected chi connectivity index (χ4v) is 3.05. The van der Waals surface area contributed by atoms with Crippen LogP contribution >= 0.6 is 31.9 Å². The van der Waals surface area contributed by atoms with Gasteiger partial charge in [-0.1, -0.05) is 51.1 Å². The van der Waals surface area contributed by atoms with E-state index in [4.69, 9.17) is 10.8 Å². The zero-order valence-electron chi connectivity index (χ0n) is 10.1. The highest BCUT2D eigenvalue weighted by molar-refractivity contribution is 9.11. The van der Waals surface area contributed by atoms with Crippen molar-refractivity contribution in [3.8, 4) is 0 Å². The molecule has 1 aromatic rings. The molecule has 0 heterocycles. The van der Waals surface area contributed by atoms with Crippen LogP contribution in [0.2, 0.25) is 0 Å². The van der Waals surface area contributed by atoms with E-state index in [1.807, 2.05) is 18.2 Å². The largest absolute Gasteiger partial charge is 0.308 e. The highest BCUT2D eigenvalue weighted by atomic mass is 79.9. The van der Waals surface area contributed by atoms with Crippen molar-refractivity contribution in [2.45, 2.75) is 38.1 Å². The summed E-state index contributed by atoms with van der Waals surface area (Å²) in [4.78, 5) is 4.76. The third-order valence-corrected chi connectivity index (χ3v) is 4.39. The van der Waals surface area contributed by atoms with Gasteiger partial charge >= 0.3 is 0 Å². The lowest BCUT2D eigenvalue weighted by Crippen LogP contribution is -2.33. The summed E-state index contributed by atoms with van der Waals surface area (Å²) in [5, 5.41) is 0. The molecule has 2 rings (SSSR count). The molecule has 0 bridgehead atoms. The van der Waals surface area contributed by atoms with Gasteiger partial charge in [0.25, 0.3) is 0 Å². The van der Waals surface area contributed by atoms with Crippen LogP contribution in [0.3, 0.4) is 0 Å². The van der Waals surface area contributed by atoms with Crippen LogP contribution in [0.1, 0.15) is 37.7 Å². The van der Waals surface area contributed by atoms with Gasteiger partial charge in [0.05, 0.1) is 6.04 Å². The SMILES string of the molecule is NNC(=NC1CCCCC1)c1cc(Br)ccc1Br. The van der Waals surface area contributed by atoms with Gasteiger partial charge in [0.2, 0.25) is 0 Å². The summed E-state index contributed by atoms with van der Waals surface area (Å²) >= 11 is 7.01. The fourth-order valence-electron chi connectivity index (χ4n) is 2.26. The predicted octanol–water partition coefficient (Wildman–Crippen LogP) is 3.75. The average molecular weight is 375 g/mol. The maximum absolute atomic E-state index is 5.62. The first kappa shape index (κ1) is 14.0. The summed E-state index contributed by atoms with van der Waals surface area (Å²) in [5.41, 5.74) is 3.73. The molecular formula is C13H17Br2N3. The Hall–Kier alpha value is -0.390. The van der Waals surface area contributed by atoms with Crippen molar-refractivity contribution in [3.05, 3.63) is 32.7 Å². The van der Waals surface area contributed by atoms with Gasteiger partial charge in [0.1, 0.15) is 5.84 Å². The first-order valence-corrected chi connectivity index (χ1v) is 7.79. The van der Waals surface area contributed by atoms with Crippen LogP contribution in [-0.2, 0) is 0 Å². The van der Waals surface area contributed by atoms with E-state index in [1.54, 1.807) is 0 Å². The number of nitrogens with one attached hydrogen (secondary N) is 1. The summed E-state index contributed by atoms with van der Waals surface area (Å²) in [6.45, 7) is 0. The number of rotatable bonds is 2. The molecule has 0 unspecified atom stereocenters. The van der Waals surface area contributed by atoms with Crippen LogP contribution in [0.25, 0.3) is 0 Å². The van der Waals surface area contributed by atoms with Crippen molar-refractivity contribution in [2.24, 2.45) is 10.8 Å². The fraction of sp³-hybridized carbons (Fsp3) is 0.462. The third-order valence-electron chi connectivity index (χ3n) is 3.21. The standard InChI is InChI=1S/C13H17Br2N3/c14-9-6-7-12(15)11(8-9)13(18-16)17-10-4-2-1-3-5-10/h6-8,10H,1-5,16H2,(H,17,18). The summed E-state index contributed by atoms with van der Waals surface area (Å²) < 4.78 is 2.02. The van der Waals surface area contributed by atoms with E-state index in [9.17, 15) is 0 Å². The number of hydrogen-bond acceptors (Lipinski definition) is 2. The molecule has 1 aliphatic rings. The molecule has 98 valence electrons. The second-order valence-corrected chi connectivity index (χ2v) is 6.31. The molecule has 0 saturated heterocycles. The van der Waals surface area contributed by atoms with Crippen LogP contribution < -0.4 is 11.3 Å². The monoisotopic (exact) mass is 373 g/mol. The van der Waals surface area contributed by atoms with E-state index in [2.05, 4.69) is 37.3 Å². The van der Waals surface area contributed by atoms with Gasteiger partial charge in [0.15, 0.2) is 0 Å². The minimum atomic E-state index is 0.399. The van der Waals surface area contributed by atoms with Crippen molar-refractivity contribution in [3.63, 3.8) is 0 Å². The molecule has 0 aliphatic heterocycles. The van der Waals surface area contributed by atoms with Gasteiger partial charge in [-0.2, -0.15) is 0 Å². The Bertz CT molecular complexity index is 440. The van der Waals surface area contributed by atoms with Crippen LogP contribution in [0.15, 0.2) is 32.1 Å². The Kier molecular flexibility index (Phi) is 5.21. The van der Waals surface area contributed by atoms with E-state index in [-0.39, 0.29) is 0 Å². The number of amidine groups is 1. The number of nitrogens with two attached hydrogens (primary N) is 1. The molecule has 3 N–H and O–H groups in total. The number of benzene rings is 1. The van der Waals surface area contributed by atoms with Crippen LogP contribution in [-0.4, -0.2) is 11.9 Å². The highest BCUT2D eigenvalue weighted by Crippen LogP contribution is 2.24. The molecule has 18 heavy (non-hydrogen) atoms. The molecule has 0 atom stereocenters. The summed E-state index contributed by atoms with van der Waals surface area (Å²) in [7, 11) is 0. The van der Waals surface area contributed by atoms with Gasteiger partial charge in [-0.05, 0) is 31.0 Å². The van der Waals surface area contributed by atoms with Gasteiger partial charge < -0.3 is 5.43 Å². The second-order valence-electron chi connectivity index (χ2n) is 4.54. The highest BCUT2D eigenvalue weighted by Gasteiger charge is 2.15. The summed E-state index contributed by atoms with van der Waals surface area (Å²) in [5.74, 6) is 6.38. The normalized spacial score (nSPS) is 17.8. The van der Waals surface area contributed by atoms with Crippen molar-refractivity contribution in [1.29, 1.82) is 0 Å². The molecule has 0 amide bonds. The Labute approximate surface area is 124 Å². The Balaban J connectivity index is 2.26. The van der Waals surface area contributed by atoms with Crippen molar-refractivity contribution in [2.75, 3.05) is 0 Å². The van der Waals surface area contributed by atoms with Crippen molar-refractivity contribution >= 4 is 37.7 Å². The molecule has 0 aromatic heterocycles. The maximum atomic E-state index is 5.62. The molecule has 3 nitrogen and oxygen atoms in total. The van der Waals surface area contributed by atoms with Gasteiger partial charge in [-0.15, -0.1) is 0 Å². The van der Waals surface area contributed by atoms with E-state index in [0.29, 0.717) is 6.04 Å². The van der Waals surface area contributed by atoms with E-state index >= 15 is 0 Å². The molecule has 0 spiro atoms. The lowest BCUT2D eigenvalue weighted by molar-refractivity contribution is 0.442. The number of nitrogens with zero attached hydrogens (tertiary/aromatic N) is 1. The average Bonchev–Trinajstić information content (AvgIpc) is 2.40. The lowest BCUT2D eigenvalue weighted by Gasteiger charge is -2.19. The first-order chi connectivity index (χ1) is 8.70. The summed E-state index contributed by atoms with van der Waals surface area (Å²) in [6.07, 6.45) is 6.20. The second kappa shape index (κ2) is 6.68. The molecule has 1 fully saturated rings. The smallest absolute Gasteiger partial charge is 0.143 e. The van der Waals surface area contributed by atoms with Gasteiger partial charge in [-0.3, -0.25) is 4.99 Å². The quantitative estimate of drug-likeness (QED) is 0.358. The zero-order chi connectivity index (χ0) is 13.0. The van der Waals surface area contributed by atoms with E-state index < -0.39 is 0 Å². The molecule has 1 aliphatic carbocycles. The molecule has 0 radical (unpaired) electrons.